The molecular formula is C20H22N6. The highest BCUT2D eigenvalue weighted by atomic mass is 15.2. The van der Waals surface area contributed by atoms with Crippen LogP contribution < -0.4 is 15.5 Å². The van der Waals surface area contributed by atoms with Gasteiger partial charge in [-0.3, -0.25) is 0 Å². The van der Waals surface area contributed by atoms with Gasteiger partial charge < -0.3 is 20.5 Å². The summed E-state index contributed by atoms with van der Waals surface area (Å²) in [5.41, 5.74) is 5.08. The van der Waals surface area contributed by atoms with Crippen molar-refractivity contribution in [1.29, 1.82) is 5.26 Å². The number of nitrogens with one attached hydrogen (secondary N) is 3. The minimum absolute atomic E-state index is 0.0953. The van der Waals surface area contributed by atoms with E-state index in [1.165, 1.54) is 0 Å². The van der Waals surface area contributed by atoms with Crippen molar-refractivity contribution in [2.75, 3.05) is 35.7 Å². The van der Waals surface area contributed by atoms with Gasteiger partial charge >= 0.3 is 0 Å². The Morgan fingerprint density at radius 3 is 3.04 bits per heavy atom. The summed E-state index contributed by atoms with van der Waals surface area (Å²) in [6.07, 6.45) is 5.73. The van der Waals surface area contributed by atoms with Gasteiger partial charge in [0, 0.05) is 43.6 Å². The number of H-pyrrole nitrogens is 1. The minimum atomic E-state index is 0.0953. The molecule has 0 radical (unpaired) electrons. The summed E-state index contributed by atoms with van der Waals surface area (Å²) in [5, 5.41) is 17.2. The number of piperidine rings is 1. The van der Waals surface area contributed by atoms with Gasteiger partial charge in [0.2, 0.25) is 0 Å². The zero-order valence-corrected chi connectivity index (χ0v) is 14.8. The lowest BCUT2D eigenvalue weighted by molar-refractivity contribution is 0.494. The Kier molecular flexibility index (Phi) is 4.36. The van der Waals surface area contributed by atoms with Crippen LogP contribution in [0.2, 0.25) is 0 Å². The van der Waals surface area contributed by atoms with Gasteiger partial charge in [0.1, 0.15) is 5.65 Å². The molecule has 3 heterocycles. The van der Waals surface area contributed by atoms with Crippen LogP contribution in [-0.4, -0.2) is 30.1 Å². The van der Waals surface area contributed by atoms with Crippen LogP contribution in [0.4, 0.5) is 22.7 Å². The van der Waals surface area contributed by atoms with Crippen molar-refractivity contribution >= 4 is 33.8 Å². The molecular weight excluding hydrogens is 324 g/mol. The maximum atomic E-state index is 9.32. The van der Waals surface area contributed by atoms with Crippen LogP contribution in [0, 0.1) is 17.2 Å². The molecule has 1 aliphatic rings. The lowest BCUT2D eigenvalue weighted by atomic mass is 9.99. The smallest absolute Gasteiger partial charge is 0.139 e. The molecule has 4 rings (SSSR count). The molecule has 6 nitrogen and oxygen atoms in total. The first kappa shape index (κ1) is 16.3. The first-order chi connectivity index (χ1) is 12.8. The molecule has 1 fully saturated rings. The second kappa shape index (κ2) is 6.96. The van der Waals surface area contributed by atoms with E-state index in [1.807, 2.05) is 25.4 Å². The van der Waals surface area contributed by atoms with Gasteiger partial charge in [-0.25, -0.2) is 4.98 Å². The number of anilines is 4. The fraction of sp³-hybridized carbons (Fsp3) is 0.300. The zero-order valence-electron chi connectivity index (χ0n) is 14.8. The Morgan fingerprint density at radius 2 is 2.19 bits per heavy atom. The molecule has 132 valence electrons. The van der Waals surface area contributed by atoms with E-state index >= 15 is 0 Å². The first-order valence-corrected chi connectivity index (χ1v) is 8.94. The fourth-order valence-corrected chi connectivity index (χ4v) is 3.58. The molecule has 3 aromatic rings. The fourth-order valence-electron chi connectivity index (χ4n) is 3.58. The predicted octanol–water partition coefficient (Wildman–Crippen LogP) is 4.09. The largest absolute Gasteiger partial charge is 0.388 e. The van der Waals surface area contributed by atoms with Crippen LogP contribution in [0.25, 0.3) is 11.0 Å². The second-order valence-corrected chi connectivity index (χ2v) is 6.62. The summed E-state index contributed by atoms with van der Waals surface area (Å²) in [4.78, 5) is 9.82. The molecule has 3 N–H and O–H groups in total. The maximum absolute atomic E-state index is 9.32. The van der Waals surface area contributed by atoms with Crippen molar-refractivity contribution < 1.29 is 0 Å². The third-order valence-corrected chi connectivity index (χ3v) is 4.96. The van der Waals surface area contributed by atoms with Gasteiger partial charge in [-0.05, 0) is 43.2 Å². The summed E-state index contributed by atoms with van der Waals surface area (Å²) in [6, 6.07) is 12.8. The summed E-state index contributed by atoms with van der Waals surface area (Å²) < 4.78 is 0. The molecule has 2 aromatic heterocycles. The summed E-state index contributed by atoms with van der Waals surface area (Å²) in [5.74, 6) is 0.0953. The van der Waals surface area contributed by atoms with E-state index < -0.39 is 0 Å². The molecule has 1 unspecified atom stereocenters. The Hall–Kier alpha value is -3.20. The lowest BCUT2D eigenvalue weighted by Crippen LogP contribution is -2.35. The number of fused-ring (bicyclic) bond motifs is 1. The first-order valence-electron chi connectivity index (χ1n) is 8.94. The minimum Gasteiger partial charge on any atom is -0.388 e. The highest BCUT2D eigenvalue weighted by Gasteiger charge is 2.22. The van der Waals surface area contributed by atoms with Crippen LogP contribution in [0.15, 0.2) is 42.7 Å². The van der Waals surface area contributed by atoms with Gasteiger partial charge in [-0.15, -0.1) is 0 Å². The van der Waals surface area contributed by atoms with Crippen molar-refractivity contribution in [1.82, 2.24) is 9.97 Å². The summed E-state index contributed by atoms with van der Waals surface area (Å²) in [6.45, 7) is 1.75. The topological polar surface area (TPSA) is 79.8 Å². The molecule has 0 aliphatic carbocycles. The maximum Gasteiger partial charge on any atom is 0.139 e. The highest BCUT2D eigenvalue weighted by molar-refractivity contribution is 5.93. The van der Waals surface area contributed by atoms with Gasteiger partial charge in [-0.1, -0.05) is 0 Å². The third-order valence-electron chi connectivity index (χ3n) is 4.96. The molecule has 1 atom stereocenters. The molecule has 0 amide bonds. The second-order valence-electron chi connectivity index (χ2n) is 6.62. The molecule has 6 heteroatoms. The van der Waals surface area contributed by atoms with Crippen molar-refractivity contribution in [3.05, 3.63) is 42.7 Å². The number of aromatic nitrogens is 2. The number of aromatic amines is 1. The Balaban J connectivity index is 1.72. The van der Waals surface area contributed by atoms with Crippen molar-refractivity contribution in [2.24, 2.45) is 5.92 Å². The zero-order chi connectivity index (χ0) is 17.9. The molecule has 26 heavy (non-hydrogen) atoms. The molecule has 0 spiro atoms. The molecule has 1 aromatic carbocycles. The van der Waals surface area contributed by atoms with Gasteiger partial charge in [0.05, 0.1) is 29.0 Å². The number of nitrogens with zero attached hydrogens (tertiary/aromatic N) is 3. The van der Waals surface area contributed by atoms with Gasteiger partial charge in [0.25, 0.3) is 0 Å². The van der Waals surface area contributed by atoms with Gasteiger partial charge in [-0.2, -0.15) is 5.26 Å². The lowest BCUT2D eigenvalue weighted by Gasteiger charge is -2.33. The Bertz CT molecular complexity index is 954. The Morgan fingerprint density at radius 1 is 1.27 bits per heavy atom. The predicted molar refractivity (Wildman–Crippen MR) is 106 cm³/mol. The average Bonchev–Trinajstić information content (AvgIpc) is 3.18. The average molecular weight is 346 g/mol. The van der Waals surface area contributed by atoms with E-state index in [0.29, 0.717) is 0 Å². The number of hydrogen-bond donors (Lipinski definition) is 3. The van der Waals surface area contributed by atoms with Crippen LogP contribution in [-0.2, 0) is 0 Å². The summed E-state index contributed by atoms with van der Waals surface area (Å²) in [7, 11) is 1.92. The molecule has 1 saturated heterocycles. The summed E-state index contributed by atoms with van der Waals surface area (Å²) >= 11 is 0. The van der Waals surface area contributed by atoms with E-state index in [4.69, 9.17) is 0 Å². The van der Waals surface area contributed by atoms with Crippen molar-refractivity contribution in [2.45, 2.75) is 12.8 Å². The quantitative estimate of drug-likeness (QED) is 0.663. The molecule has 1 aliphatic heterocycles. The van der Waals surface area contributed by atoms with Crippen LogP contribution in [0.3, 0.4) is 0 Å². The highest BCUT2D eigenvalue weighted by Crippen LogP contribution is 2.35. The van der Waals surface area contributed by atoms with E-state index in [-0.39, 0.29) is 5.92 Å². The number of rotatable bonds is 4. The number of hydrogen-bond acceptors (Lipinski definition) is 5. The monoisotopic (exact) mass is 346 g/mol. The van der Waals surface area contributed by atoms with E-state index in [2.05, 4.69) is 49.8 Å². The van der Waals surface area contributed by atoms with E-state index in [1.54, 1.807) is 6.20 Å². The van der Waals surface area contributed by atoms with Gasteiger partial charge in [0.15, 0.2) is 0 Å². The van der Waals surface area contributed by atoms with Crippen molar-refractivity contribution in [3.8, 4) is 6.07 Å². The van der Waals surface area contributed by atoms with Crippen LogP contribution in [0.5, 0.6) is 0 Å². The number of benzene rings is 1. The number of nitriles is 1. The molecule has 0 bridgehead atoms. The van der Waals surface area contributed by atoms with Crippen molar-refractivity contribution in [3.63, 3.8) is 0 Å². The SMILES string of the molecule is CNc1ccc(N2CCCC(C#N)C2)c(Nc2ccnc3[nH]ccc23)c1. The molecule has 0 saturated carbocycles. The Labute approximate surface area is 152 Å². The number of pyridine rings is 1. The van der Waals surface area contributed by atoms with Crippen LogP contribution >= 0.6 is 0 Å². The van der Waals surface area contributed by atoms with E-state index in [9.17, 15) is 5.26 Å². The standard InChI is InChI=1S/C20H22N6/c1-22-15-4-5-19(26-10-2-3-14(12-21)13-26)18(11-15)25-17-7-9-24-20-16(17)6-8-23-20/h4-9,11,14,22H,2-3,10,13H2,1H3,(H2,23,24,25). The van der Waals surface area contributed by atoms with E-state index in [0.717, 1.165) is 59.7 Å². The normalized spacial score (nSPS) is 17.1. The van der Waals surface area contributed by atoms with Crippen LogP contribution in [0.1, 0.15) is 12.8 Å². The third kappa shape index (κ3) is 3.04.